The van der Waals surface area contributed by atoms with E-state index in [1.807, 2.05) is 0 Å². The Labute approximate surface area is 266 Å². The van der Waals surface area contributed by atoms with Gasteiger partial charge in [-0.1, -0.05) is 64.3 Å². The van der Waals surface area contributed by atoms with Gasteiger partial charge in [0.15, 0.2) is 0 Å². The van der Waals surface area contributed by atoms with Gasteiger partial charge in [0.2, 0.25) is 5.91 Å². The van der Waals surface area contributed by atoms with E-state index in [4.69, 9.17) is 4.84 Å². The minimum atomic E-state index is -0.791. The minimum Gasteiger partial charge on any atom is -0.394 e. The number of carbonyl (C=O) groups is 1. The first-order chi connectivity index (χ1) is 21.0. The van der Waals surface area contributed by atoms with Crippen molar-refractivity contribution in [2.24, 2.45) is 35.0 Å². The predicted molar refractivity (Wildman–Crippen MR) is 174 cm³/mol. The predicted octanol–water partition coefficient (Wildman–Crippen LogP) is 4.29. The zero-order valence-electron chi connectivity index (χ0n) is 28.3. The van der Waals surface area contributed by atoms with Gasteiger partial charge in [0, 0.05) is 38.1 Å². The summed E-state index contributed by atoms with van der Waals surface area (Å²) in [6.45, 7) is 13.0. The first kappa shape index (κ1) is 33.8. The van der Waals surface area contributed by atoms with E-state index in [9.17, 15) is 15.0 Å². The molecule has 1 aromatic carbocycles. The highest BCUT2D eigenvalue weighted by Gasteiger charge is 2.57. The molecule has 4 aliphatic carbocycles. The van der Waals surface area contributed by atoms with Crippen molar-refractivity contribution in [3.05, 3.63) is 35.4 Å². The quantitative estimate of drug-likeness (QED) is 0.306. The van der Waals surface area contributed by atoms with Crippen LogP contribution in [0.15, 0.2) is 24.3 Å². The summed E-state index contributed by atoms with van der Waals surface area (Å²) in [5.41, 5.74) is 2.68. The van der Waals surface area contributed by atoms with Crippen LogP contribution in [-0.4, -0.2) is 95.6 Å². The summed E-state index contributed by atoms with van der Waals surface area (Å²) in [6, 6.07) is 8.10. The Morgan fingerprint density at radius 3 is 2.50 bits per heavy atom. The average Bonchev–Trinajstić information content (AvgIpc) is 3.36. The number of rotatable bonds is 13. The summed E-state index contributed by atoms with van der Waals surface area (Å²) in [4.78, 5) is 25.1. The molecular formula is C36H60N4O4. The number of amides is 1. The molecule has 8 atom stereocenters. The molecule has 0 aromatic heterocycles. The number of carbonyl (C=O) groups excluding carboxylic acids is 1. The second-order valence-corrected chi connectivity index (χ2v) is 15.6. The van der Waals surface area contributed by atoms with Crippen LogP contribution in [0.3, 0.4) is 0 Å². The molecule has 4 saturated carbocycles. The lowest BCUT2D eigenvalue weighted by Gasteiger charge is -2.62. The number of benzene rings is 1. The second-order valence-electron chi connectivity index (χ2n) is 15.6. The number of hydrogen-bond donors (Lipinski definition) is 3. The van der Waals surface area contributed by atoms with Crippen molar-refractivity contribution in [3.8, 4) is 0 Å². The highest BCUT2D eigenvalue weighted by molar-refractivity contribution is 5.82. The van der Waals surface area contributed by atoms with Crippen LogP contribution < -0.4 is 5.32 Å². The van der Waals surface area contributed by atoms with E-state index in [1.165, 1.54) is 44.1 Å². The summed E-state index contributed by atoms with van der Waals surface area (Å²) in [5, 5.41) is 26.1. The second kappa shape index (κ2) is 14.5. The Morgan fingerprint density at radius 1 is 1.14 bits per heavy atom. The number of aliphatic hydroxyl groups is 2. The topological polar surface area (TPSA) is 88.5 Å². The third kappa shape index (κ3) is 7.53. The third-order valence-electron chi connectivity index (χ3n) is 11.9. The number of nitrogens with one attached hydrogen (secondary N) is 1. The molecule has 0 radical (unpaired) electrons. The van der Waals surface area contributed by atoms with Gasteiger partial charge in [0.1, 0.15) is 12.1 Å². The Balaban J connectivity index is 1.29. The Bertz CT molecular complexity index is 1090. The molecular weight excluding hydrogens is 552 g/mol. The van der Waals surface area contributed by atoms with Crippen LogP contribution in [-0.2, 0) is 22.7 Å². The fourth-order valence-electron chi connectivity index (χ4n) is 9.06. The number of fused-ring (bicyclic) bond motifs is 2. The Morgan fingerprint density at radius 2 is 1.86 bits per heavy atom. The zero-order valence-corrected chi connectivity index (χ0v) is 28.3. The van der Waals surface area contributed by atoms with Crippen LogP contribution in [0.1, 0.15) is 83.8 Å². The molecule has 44 heavy (non-hydrogen) atoms. The smallest absolute Gasteiger partial charge is 0.240 e. The Hall–Kier alpha value is -1.55. The summed E-state index contributed by atoms with van der Waals surface area (Å²) in [6.07, 6.45) is 7.60. The van der Waals surface area contributed by atoms with E-state index in [2.05, 4.69) is 74.2 Å². The molecule has 0 spiro atoms. The normalized spacial score (nSPS) is 33.0. The van der Waals surface area contributed by atoms with E-state index >= 15 is 0 Å². The third-order valence-corrected chi connectivity index (χ3v) is 11.9. The molecule has 1 aromatic rings. The van der Waals surface area contributed by atoms with Crippen LogP contribution >= 0.6 is 0 Å². The van der Waals surface area contributed by atoms with Gasteiger partial charge in [-0.25, -0.2) is 0 Å². The van der Waals surface area contributed by atoms with Crippen molar-refractivity contribution >= 4 is 5.91 Å². The lowest BCUT2D eigenvalue weighted by molar-refractivity contribution is -0.183. The molecule has 1 amide bonds. The Kier molecular flexibility index (Phi) is 11.1. The molecule has 5 aliphatic rings. The van der Waals surface area contributed by atoms with Gasteiger partial charge < -0.3 is 20.4 Å². The van der Waals surface area contributed by atoms with E-state index in [-0.39, 0.29) is 18.6 Å². The van der Waals surface area contributed by atoms with Gasteiger partial charge in [-0.15, -0.1) is 0 Å². The molecule has 5 fully saturated rings. The number of likely N-dealkylation sites (N-methyl/N-ethyl adjacent to an activating group) is 1. The maximum absolute atomic E-state index is 14.0. The maximum Gasteiger partial charge on any atom is 0.240 e. The SMILES string of the molecule is C[C@H](O)[C@@H]1[C@H](CO)ON(Cc2cccc(CN(CCN(C)C)CC3CCCCC3)c2)[C@@H]1C(=O)NC1C[C@@H]2C[C@H]([C@@H]1C)C2(C)C. The molecule has 1 unspecified atom stereocenters. The van der Waals surface area contributed by atoms with Crippen molar-refractivity contribution in [2.75, 3.05) is 40.3 Å². The molecule has 1 saturated heterocycles. The molecule has 6 rings (SSSR count). The van der Waals surface area contributed by atoms with Crippen molar-refractivity contribution < 1.29 is 19.8 Å². The summed E-state index contributed by atoms with van der Waals surface area (Å²) in [5.74, 6) is 1.85. The summed E-state index contributed by atoms with van der Waals surface area (Å²) < 4.78 is 0. The number of aliphatic hydroxyl groups excluding tert-OH is 2. The molecule has 2 bridgehead atoms. The maximum atomic E-state index is 14.0. The zero-order chi connectivity index (χ0) is 31.6. The molecule has 1 heterocycles. The average molecular weight is 613 g/mol. The summed E-state index contributed by atoms with van der Waals surface area (Å²) >= 11 is 0. The van der Waals surface area contributed by atoms with Gasteiger partial charge in [-0.05, 0) is 86.9 Å². The van der Waals surface area contributed by atoms with Gasteiger partial charge in [-0.3, -0.25) is 14.5 Å². The van der Waals surface area contributed by atoms with E-state index in [0.29, 0.717) is 29.7 Å². The van der Waals surface area contributed by atoms with Crippen molar-refractivity contribution in [3.63, 3.8) is 0 Å². The van der Waals surface area contributed by atoms with Crippen molar-refractivity contribution in [1.29, 1.82) is 0 Å². The molecule has 248 valence electrons. The van der Waals surface area contributed by atoms with Gasteiger partial charge in [0.05, 0.1) is 19.3 Å². The van der Waals surface area contributed by atoms with E-state index in [1.54, 1.807) is 12.0 Å². The lowest BCUT2D eigenvalue weighted by Crippen LogP contribution is -2.62. The van der Waals surface area contributed by atoms with E-state index < -0.39 is 24.2 Å². The van der Waals surface area contributed by atoms with Crippen LogP contribution in [0.2, 0.25) is 0 Å². The van der Waals surface area contributed by atoms with Crippen LogP contribution in [0.5, 0.6) is 0 Å². The van der Waals surface area contributed by atoms with Gasteiger partial charge in [0.25, 0.3) is 0 Å². The first-order valence-electron chi connectivity index (χ1n) is 17.5. The monoisotopic (exact) mass is 612 g/mol. The molecule has 8 heteroatoms. The highest BCUT2D eigenvalue weighted by atomic mass is 16.7. The number of hydroxylamine groups is 2. The van der Waals surface area contributed by atoms with Gasteiger partial charge in [-0.2, -0.15) is 5.06 Å². The van der Waals surface area contributed by atoms with Crippen molar-refractivity contribution in [2.45, 2.75) is 110 Å². The molecule has 8 nitrogen and oxygen atoms in total. The standard InChI is InChI=1S/C36H60N4O4/c1-24-30-18-29(36(30,3)4)19-31(24)37-35(43)34-33(25(2)42)32(23-41)44-40(34)22-28-14-10-13-27(17-28)21-39(16-15-38(5)6)20-26-11-8-7-9-12-26/h10,13-14,17,24-26,29-34,41-42H,7-9,11-12,15-16,18-23H2,1-6H3,(H,37,43)/t24-,25-,29-,30+,31?,32-,33+,34-/m0/s1. The van der Waals surface area contributed by atoms with Crippen LogP contribution in [0.25, 0.3) is 0 Å². The number of nitrogens with zero attached hydrogens (tertiary/aromatic N) is 3. The van der Waals surface area contributed by atoms with E-state index in [0.717, 1.165) is 44.1 Å². The lowest BCUT2D eigenvalue weighted by atomic mass is 9.45. The summed E-state index contributed by atoms with van der Waals surface area (Å²) in [7, 11) is 4.28. The highest BCUT2D eigenvalue weighted by Crippen LogP contribution is 2.61. The van der Waals surface area contributed by atoms with Crippen LogP contribution in [0.4, 0.5) is 0 Å². The van der Waals surface area contributed by atoms with Gasteiger partial charge >= 0.3 is 0 Å². The first-order valence-corrected chi connectivity index (χ1v) is 17.5. The fourth-order valence-corrected chi connectivity index (χ4v) is 9.06. The molecule has 1 aliphatic heterocycles. The molecule has 3 N–H and O–H groups in total. The minimum absolute atomic E-state index is 0.0960. The fraction of sp³-hybridized carbons (Fsp3) is 0.806. The number of hydrogen-bond acceptors (Lipinski definition) is 7. The largest absolute Gasteiger partial charge is 0.394 e. The van der Waals surface area contributed by atoms with Crippen LogP contribution in [0, 0.1) is 35.0 Å². The van der Waals surface area contributed by atoms with Crippen molar-refractivity contribution in [1.82, 2.24) is 20.2 Å².